The molecule has 1 aromatic rings. The van der Waals surface area contributed by atoms with Crippen molar-refractivity contribution in [3.05, 3.63) is 35.4 Å². The summed E-state index contributed by atoms with van der Waals surface area (Å²) >= 11 is 0. The second-order valence-corrected chi connectivity index (χ2v) is 4.77. The Bertz CT molecular complexity index is 377. The molecule has 1 aliphatic rings. The highest BCUT2D eigenvalue weighted by Crippen LogP contribution is 2.21. The summed E-state index contributed by atoms with van der Waals surface area (Å²) in [6, 6.07) is 3.93. The molecule has 2 rings (SSSR count). The van der Waals surface area contributed by atoms with Crippen LogP contribution < -0.4 is 0 Å². The smallest absolute Gasteiger partial charge is 0.130 e. The number of aliphatic hydroxyl groups excluding tert-OH is 1. The molecule has 1 aliphatic heterocycles. The lowest BCUT2D eigenvalue weighted by Crippen LogP contribution is -2.41. The minimum atomic E-state index is -0.497. The van der Waals surface area contributed by atoms with E-state index < -0.39 is 11.6 Å². The molecule has 0 amide bonds. The van der Waals surface area contributed by atoms with E-state index in [9.17, 15) is 13.9 Å². The van der Waals surface area contributed by atoms with Gasteiger partial charge in [-0.2, -0.15) is 0 Å². The lowest BCUT2D eigenvalue weighted by Gasteiger charge is -2.34. The van der Waals surface area contributed by atoms with Crippen LogP contribution in [0.4, 0.5) is 8.78 Å². The third kappa shape index (κ3) is 2.82. The van der Waals surface area contributed by atoms with Crippen LogP contribution in [-0.4, -0.2) is 29.2 Å². The van der Waals surface area contributed by atoms with Gasteiger partial charge in [0.2, 0.25) is 0 Å². The maximum Gasteiger partial charge on any atom is 0.130 e. The first-order valence-electron chi connectivity index (χ1n) is 5.91. The molecule has 0 spiro atoms. The van der Waals surface area contributed by atoms with Gasteiger partial charge in [0.25, 0.3) is 0 Å². The fourth-order valence-corrected chi connectivity index (χ4v) is 2.27. The molecule has 1 aromatic carbocycles. The van der Waals surface area contributed by atoms with Crippen molar-refractivity contribution in [3.63, 3.8) is 0 Å². The van der Waals surface area contributed by atoms with Crippen molar-refractivity contribution in [3.8, 4) is 0 Å². The van der Waals surface area contributed by atoms with Gasteiger partial charge in [-0.25, -0.2) is 8.78 Å². The van der Waals surface area contributed by atoms with Crippen LogP contribution in [0.15, 0.2) is 18.2 Å². The van der Waals surface area contributed by atoms with Gasteiger partial charge < -0.3 is 5.11 Å². The third-order valence-corrected chi connectivity index (χ3v) is 3.39. The zero-order chi connectivity index (χ0) is 12.4. The molecule has 0 saturated carbocycles. The average Bonchev–Trinajstić information content (AvgIpc) is 2.28. The van der Waals surface area contributed by atoms with E-state index >= 15 is 0 Å². The summed E-state index contributed by atoms with van der Waals surface area (Å²) in [5.41, 5.74) is 0.121. The van der Waals surface area contributed by atoms with Crippen LogP contribution in [-0.2, 0) is 6.54 Å². The SMILES string of the molecule is CC1CN(Cc2c(F)cccc2F)CCC1O. The summed E-state index contributed by atoms with van der Waals surface area (Å²) in [6.45, 7) is 3.58. The Morgan fingerprint density at radius 1 is 1.35 bits per heavy atom. The zero-order valence-corrected chi connectivity index (χ0v) is 9.87. The molecule has 2 atom stereocenters. The molecule has 1 N–H and O–H groups in total. The van der Waals surface area contributed by atoms with Gasteiger partial charge in [-0.15, -0.1) is 0 Å². The Kier molecular flexibility index (Phi) is 3.74. The van der Waals surface area contributed by atoms with Gasteiger partial charge in [-0.3, -0.25) is 4.90 Å². The van der Waals surface area contributed by atoms with Crippen molar-refractivity contribution >= 4 is 0 Å². The molecule has 4 heteroatoms. The number of halogens is 2. The number of nitrogens with zero attached hydrogens (tertiary/aromatic N) is 1. The molecule has 0 aromatic heterocycles. The fraction of sp³-hybridized carbons (Fsp3) is 0.538. The van der Waals surface area contributed by atoms with E-state index in [1.807, 2.05) is 11.8 Å². The van der Waals surface area contributed by atoms with Crippen molar-refractivity contribution < 1.29 is 13.9 Å². The van der Waals surface area contributed by atoms with E-state index in [1.165, 1.54) is 18.2 Å². The molecule has 94 valence electrons. The minimum Gasteiger partial charge on any atom is -0.393 e. The molecular formula is C13H17F2NO. The van der Waals surface area contributed by atoms with E-state index in [4.69, 9.17) is 0 Å². The Labute approximate surface area is 99.9 Å². The third-order valence-electron chi connectivity index (χ3n) is 3.39. The Hall–Kier alpha value is -1.00. The first-order valence-corrected chi connectivity index (χ1v) is 5.91. The maximum atomic E-state index is 13.5. The highest BCUT2D eigenvalue weighted by Gasteiger charge is 2.25. The molecule has 0 radical (unpaired) electrons. The van der Waals surface area contributed by atoms with E-state index in [2.05, 4.69) is 0 Å². The predicted octanol–water partition coefficient (Wildman–Crippen LogP) is 2.17. The highest BCUT2D eigenvalue weighted by atomic mass is 19.1. The van der Waals surface area contributed by atoms with Crippen LogP contribution in [0.1, 0.15) is 18.9 Å². The van der Waals surface area contributed by atoms with Crippen molar-refractivity contribution in [2.75, 3.05) is 13.1 Å². The van der Waals surface area contributed by atoms with Crippen molar-refractivity contribution in [2.24, 2.45) is 5.92 Å². The minimum absolute atomic E-state index is 0.121. The Morgan fingerprint density at radius 3 is 2.59 bits per heavy atom. The lowest BCUT2D eigenvalue weighted by molar-refractivity contribution is 0.0312. The molecule has 1 heterocycles. The first-order chi connectivity index (χ1) is 8.08. The summed E-state index contributed by atoms with van der Waals surface area (Å²) in [7, 11) is 0. The molecule has 2 unspecified atom stereocenters. The molecule has 1 fully saturated rings. The number of aliphatic hydroxyl groups is 1. The number of likely N-dealkylation sites (tertiary alicyclic amines) is 1. The maximum absolute atomic E-state index is 13.5. The largest absolute Gasteiger partial charge is 0.393 e. The van der Waals surface area contributed by atoms with Gasteiger partial charge in [0.15, 0.2) is 0 Å². The summed E-state index contributed by atoms with van der Waals surface area (Å²) < 4.78 is 26.9. The van der Waals surface area contributed by atoms with Crippen LogP contribution in [0.5, 0.6) is 0 Å². The van der Waals surface area contributed by atoms with Gasteiger partial charge in [0.05, 0.1) is 6.10 Å². The monoisotopic (exact) mass is 241 g/mol. The standard InChI is InChI=1S/C13H17F2NO/c1-9-7-16(6-5-13(9)17)8-10-11(14)3-2-4-12(10)15/h2-4,9,13,17H,5-8H2,1H3. The molecule has 2 nitrogen and oxygen atoms in total. The molecule has 0 bridgehead atoms. The highest BCUT2D eigenvalue weighted by molar-refractivity contribution is 5.19. The molecule has 0 aliphatic carbocycles. The van der Waals surface area contributed by atoms with Gasteiger partial charge in [0, 0.05) is 25.2 Å². The van der Waals surface area contributed by atoms with E-state index in [0.717, 1.165) is 0 Å². The predicted molar refractivity (Wildman–Crippen MR) is 61.4 cm³/mol. The first kappa shape index (κ1) is 12.5. The van der Waals surface area contributed by atoms with Crippen molar-refractivity contribution in [1.29, 1.82) is 0 Å². The number of benzene rings is 1. The van der Waals surface area contributed by atoms with Crippen LogP contribution in [0.2, 0.25) is 0 Å². The quantitative estimate of drug-likeness (QED) is 0.857. The van der Waals surface area contributed by atoms with E-state index in [-0.39, 0.29) is 24.1 Å². The average molecular weight is 241 g/mol. The van der Waals surface area contributed by atoms with Gasteiger partial charge in [-0.1, -0.05) is 13.0 Å². The summed E-state index contributed by atoms with van der Waals surface area (Å²) in [6.07, 6.45) is 0.369. The molecule has 1 saturated heterocycles. The van der Waals surface area contributed by atoms with Gasteiger partial charge >= 0.3 is 0 Å². The topological polar surface area (TPSA) is 23.5 Å². The van der Waals surface area contributed by atoms with Gasteiger partial charge in [-0.05, 0) is 24.5 Å². The van der Waals surface area contributed by atoms with Crippen LogP contribution in [0.25, 0.3) is 0 Å². The second-order valence-electron chi connectivity index (χ2n) is 4.77. The Morgan fingerprint density at radius 2 is 2.00 bits per heavy atom. The lowest BCUT2D eigenvalue weighted by atomic mass is 9.96. The molecule has 17 heavy (non-hydrogen) atoms. The van der Waals surface area contributed by atoms with Gasteiger partial charge in [0.1, 0.15) is 11.6 Å². The van der Waals surface area contributed by atoms with Crippen molar-refractivity contribution in [1.82, 2.24) is 4.90 Å². The molecular weight excluding hydrogens is 224 g/mol. The number of piperidine rings is 1. The fourth-order valence-electron chi connectivity index (χ4n) is 2.27. The van der Waals surface area contributed by atoms with Crippen LogP contribution in [0.3, 0.4) is 0 Å². The zero-order valence-electron chi connectivity index (χ0n) is 9.87. The summed E-state index contributed by atoms with van der Waals surface area (Å²) in [5, 5.41) is 9.60. The van der Waals surface area contributed by atoms with Crippen molar-refractivity contribution in [2.45, 2.75) is 26.0 Å². The Balaban J connectivity index is 2.06. The summed E-state index contributed by atoms with van der Waals surface area (Å²) in [4.78, 5) is 1.98. The normalized spacial score (nSPS) is 26.1. The number of hydrogen-bond donors (Lipinski definition) is 1. The number of hydrogen-bond acceptors (Lipinski definition) is 2. The van der Waals surface area contributed by atoms with E-state index in [1.54, 1.807) is 0 Å². The van der Waals surface area contributed by atoms with Crippen LogP contribution >= 0.6 is 0 Å². The van der Waals surface area contributed by atoms with Crippen LogP contribution in [0, 0.1) is 17.6 Å². The summed E-state index contributed by atoms with van der Waals surface area (Å²) in [5.74, 6) is -0.842. The van der Waals surface area contributed by atoms with E-state index in [0.29, 0.717) is 19.5 Å². The second kappa shape index (κ2) is 5.10. The number of rotatable bonds is 2.